The number of anilines is 3. The van der Waals surface area contributed by atoms with Crippen molar-refractivity contribution in [1.82, 2.24) is 0 Å². The Kier molecular flexibility index (Phi) is 10.1. The molecule has 0 heterocycles. The molecule has 0 bridgehead atoms. The van der Waals surface area contributed by atoms with Crippen LogP contribution in [0.15, 0.2) is 285 Å². The first-order valence-corrected chi connectivity index (χ1v) is 24.2. The molecule has 13 rings (SSSR count). The summed E-state index contributed by atoms with van der Waals surface area (Å²) in [5.41, 5.74) is 20.3. The minimum atomic E-state index is -0.446. The van der Waals surface area contributed by atoms with Gasteiger partial charge in [0.25, 0.3) is 0 Å². The second-order valence-electron chi connectivity index (χ2n) is 18.4. The van der Waals surface area contributed by atoms with Crippen molar-refractivity contribution in [3.8, 4) is 55.6 Å². The fourth-order valence-electron chi connectivity index (χ4n) is 11.3. The topological polar surface area (TPSA) is 3.24 Å². The smallest absolute Gasteiger partial charge is 0.0713 e. The fraction of sp³-hybridized carbons (Fsp3) is 0.0145. The second-order valence-corrected chi connectivity index (χ2v) is 18.4. The van der Waals surface area contributed by atoms with Crippen LogP contribution >= 0.6 is 0 Å². The number of fused-ring (bicyclic) bond motifs is 5. The van der Waals surface area contributed by atoms with E-state index in [1.54, 1.807) is 0 Å². The first-order valence-electron chi connectivity index (χ1n) is 24.2. The SMILES string of the molecule is c1ccc(-c2ccc(-c3ccc(N(c4ccc(-c5cccc6ccccc56)cc4)c4ccc5cc(-c6cccc7c6-c6ccccc6C7(c6ccccc6)c6ccccc6)ccc5c4)cc3)cc2)cc1. The summed E-state index contributed by atoms with van der Waals surface area (Å²) in [5.74, 6) is 0. The maximum atomic E-state index is 2.39. The summed E-state index contributed by atoms with van der Waals surface area (Å²) in [6.45, 7) is 0. The Morgan fingerprint density at radius 2 is 0.686 bits per heavy atom. The van der Waals surface area contributed by atoms with Crippen molar-refractivity contribution >= 4 is 38.6 Å². The van der Waals surface area contributed by atoms with E-state index in [1.165, 1.54) is 99.4 Å². The van der Waals surface area contributed by atoms with Crippen LogP contribution in [0.2, 0.25) is 0 Å². The zero-order valence-electron chi connectivity index (χ0n) is 38.6. The van der Waals surface area contributed by atoms with Gasteiger partial charge in [0.1, 0.15) is 0 Å². The molecular formula is C69H47N. The molecule has 0 radical (unpaired) electrons. The van der Waals surface area contributed by atoms with E-state index in [-0.39, 0.29) is 0 Å². The van der Waals surface area contributed by atoms with E-state index in [4.69, 9.17) is 0 Å². The van der Waals surface area contributed by atoms with Crippen LogP contribution in [0.25, 0.3) is 77.2 Å². The van der Waals surface area contributed by atoms with E-state index in [9.17, 15) is 0 Å². The van der Waals surface area contributed by atoms with Crippen molar-refractivity contribution in [2.45, 2.75) is 5.41 Å². The van der Waals surface area contributed by atoms with Gasteiger partial charge in [-0.15, -0.1) is 0 Å². The highest BCUT2D eigenvalue weighted by Crippen LogP contribution is 2.58. The third-order valence-electron chi connectivity index (χ3n) is 14.6. The molecule has 12 aromatic carbocycles. The predicted octanol–water partition coefficient (Wildman–Crippen LogP) is 18.5. The van der Waals surface area contributed by atoms with Crippen LogP contribution in [0.3, 0.4) is 0 Å². The summed E-state index contributed by atoms with van der Waals surface area (Å²) >= 11 is 0. The van der Waals surface area contributed by atoms with Gasteiger partial charge in [0.2, 0.25) is 0 Å². The Morgan fingerprint density at radius 3 is 1.37 bits per heavy atom. The predicted molar refractivity (Wildman–Crippen MR) is 295 cm³/mol. The zero-order valence-corrected chi connectivity index (χ0v) is 38.6. The maximum absolute atomic E-state index is 2.39. The van der Waals surface area contributed by atoms with Gasteiger partial charge in [0.05, 0.1) is 5.41 Å². The summed E-state index contributed by atoms with van der Waals surface area (Å²) < 4.78 is 0. The molecule has 1 heteroatoms. The minimum absolute atomic E-state index is 0.446. The van der Waals surface area contributed by atoms with Crippen molar-refractivity contribution < 1.29 is 0 Å². The van der Waals surface area contributed by atoms with Crippen molar-refractivity contribution in [2.24, 2.45) is 0 Å². The zero-order chi connectivity index (χ0) is 46.4. The molecule has 1 nitrogen and oxygen atoms in total. The van der Waals surface area contributed by atoms with E-state index in [1.807, 2.05) is 0 Å². The Hall–Kier alpha value is -9.04. The van der Waals surface area contributed by atoms with Gasteiger partial charge >= 0.3 is 0 Å². The summed E-state index contributed by atoms with van der Waals surface area (Å²) in [6.07, 6.45) is 0. The lowest BCUT2D eigenvalue weighted by Gasteiger charge is -2.34. The second kappa shape index (κ2) is 17.2. The van der Waals surface area contributed by atoms with Crippen LogP contribution in [0.5, 0.6) is 0 Å². The van der Waals surface area contributed by atoms with Crippen LogP contribution in [0.4, 0.5) is 17.1 Å². The normalized spacial score (nSPS) is 12.4. The minimum Gasteiger partial charge on any atom is -0.310 e. The third-order valence-corrected chi connectivity index (χ3v) is 14.6. The van der Waals surface area contributed by atoms with E-state index < -0.39 is 5.41 Å². The van der Waals surface area contributed by atoms with E-state index in [0.29, 0.717) is 0 Å². The molecule has 0 saturated carbocycles. The first kappa shape index (κ1) is 41.2. The van der Waals surface area contributed by atoms with Gasteiger partial charge in [0.15, 0.2) is 0 Å². The van der Waals surface area contributed by atoms with Gasteiger partial charge in [-0.25, -0.2) is 0 Å². The van der Waals surface area contributed by atoms with Crippen molar-refractivity contribution in [3.63, 3.8) is 0 Å². The molecule has 0 spiro atoms. The molecule has 1 aliphatic carbocycles. The average Bonchev–Trinajstić information content (AvgIpc) is 3.75. The number of benzene rings is 12. The molecule has 0 aliphatic heterocycles. The summed E-state index contributed by atoms with van der Waals surface area (Å²) in [4.78, 5) is 2.39. The molecule has 0 atom stereocenters. The summed E-state index contributed by atoms with van der Waals surface area (Å²) in [6, 6.07) is 105. The van der Waals surface area contributed by atoms with E-state index >= 15 is 0 Å². The van der Waals surface area contributed by atoms with Crippen LogP contribution in [-0.2, 0) is 5.41 Å². The molecule has 0 fully saturated rings. The summed E-state index contributed by atoms with van der Waals surface area (Å²) in [7, 11) is 0. The molecule has 0 saturated heterocycles. The number of hydrogen-bond donors (Lipinski definition) is 0. The first-order chi connectivity index (χ1) is 34.7. The van der Waals surface area contributed by atoms with Crippen molar-refractivity contribution in [2.75, 3.05) is 4.90 Å². The lowest BCUT2D eigenvalue weighted by atomic mass is 9.67. The van der Waals surface area contributed by atoms with Crippen LogP contribution in [0.1, 0.15) is 22.3 Å². The number of rotatable bonds is 9. The Bertz CT molecular complexity index is 3790. The molecule has 1 aliphatic rings. The molecule has 12 aromatic rings. The molecule has 0 N–H and O–H groups in total. The molecule has 328 valence electrons. The van der Waals surface area contributed by atoms with Gasteiger partial charge in [0, 0.05) is 17.1 Å². The lowest BCUT2D eigenvalue weighted by molar-refractivity contribution is 0.768. The van der Waals surface area contributed by atoms with Crippen LogP contribution in [-0.4, -0.2) is 0 Å². The van der Waals surface area contributed by atoms with E-state index in [0.717, 1.165) is 17.1 Å². The van der Waals surface area contributed by atoms with Gasteiger partial charge < -0.3 is 4.90 Å². The van der Waals surface area contributed by atoms with E-state index in [2.05, 4.69) is 290 Å². The highest BCUT2D eigenvalue weighted by Gasteiger charge is 2.46. The molecule has 0 amide bonds. The number of hydrogen-bond acceptors (Lipinski definition) is 1. The Morgan fingerprint density at radius 1 is 0.243 bits per heavy atom. The van der Waals surface area contributed by atoms with Gasteiger partial charge in [-0.05, 0) is 142 Å². The van der Waals surface area contributed by atoms with Gasteiger partial charge in [-0.1, -0.05) is 243 Å². The Balaban J connectivity index is 0.899. The van der Waals surface area contributed by atoms with Crippen molar-refractivity contribution in [3.05, 3.63) is 307 Å². The van der Waals surface area contributed by atoms with Crippen LogP contribution in [0, 0.1) is 0 Å². The largest absolute Gasteiger partial charge is 0.310 e. The highest BCUT2D eigenvalue weighted by atomic mass is 15.1. The average molecular weight is 890 g/mol. The molecule has 70 heavy (non-hydrogen) atoms. The standard InChI is InChI=1S/C69H47N/c1-4-16-48(17-5-1)49-30-32-50(33-31-49)51-36-41-59(42-37-51)70(60-43-38-53(39-44-60)63-26-14-19-52-18-10-11-24-62(52)63)61-45-40-54-46-56(35-34-55(54)47-61)64-27-15-29-67-68(64)65-25-12-13-28-66(65)69(67,57-20-6-2-7-21-57)58-22-8-3-9-23-58/h1-47H. The van der Waals surface area contributed by atoms with Gasteiger partial charge in [-0.2, -0.15) is 0 Å². The molecule has 0 unspecified atom stereocenters. The lowest BCUT2D eigenvalue weighted by Crippen LogP contribution is -2.28. The highest BCUT2D eigenvalue weighted by molar-refractivity contribution is 6.00. The quantitative estimate of drug-likeness (QED) is 0.140. The monoisotopic (exact) mass is 889 g/mol. The van der Waals surface area contributed by atoms with Gasteiger partial charge in [-0.3, -0.25) is 0 Å². The maximum Gasteiger partial charge on any atom is 0.0713 e. The number of nitrogens with zero attached hydrogens (tertiary/aromatic N) is 1. The van der Waals surface area contributed by atoms with Crippen LogP contribution < -0.4 is 4.90 Å². The molecular weight excluding hydrogens is 843 g/mol. The Labute approximate surface area is 409 Å². The fourth-order valence-corrected chi connectivity index (χ4v) is 11.3. The third kappa shape index (κ3) is 6.94. The summed E-state index contributed by atoms with van der Waals surface area (Å²) in [5, 5.41) is 4.88. The molecule has 0 aromatic heterocycles. The van der Waals surface area contributed by atoms with Crippen molar-refractivity contribution in [1.29, 1.82) is 0 Å².